The average molecular weight is 315 g/mol. The summed E-state index contributed by atoms with van der Waals surface area (Å²) in [7, 11) is 0. The van der Waals surface area contributed by atoms with Crippen LogP contribution in [0.2, 0.25) is 0 Å². The van der Waals surface area contributed by atoms with E-state index in [0.717, 1.165) is 23.7 Å². The number of benzene rings is 1. The minimum absolute atomic E-state index is 0.251. The summed E-state index contributed by atoms with van der Waals surface area (Å²) >= 11 is 0. The molecule has 2 amide bonds. The van der Waals surface area contributed by atoms with E-state index < -0.39 is 6.09 Å². The van der Waals surface area contributed by atoms with Crippen LogP contribution in [0, 0.1) is 0 Å². The Bertz CT molecular complexity index is 736. The van der Waals surface area contributed by atoms with Crippen molar-refractivity contribution in [3.8, 4) is 0 Å². The molecule has 0 spiro atoms. The van der Waals surface area contributed by atoms with Crippen molar-refractivity contribution in [3.63, 3.8) is 0 Å². The van der Waals surface area contributed by atoms with Crippen LogP contribution in [0.1, 0.15) is 47.8 Å². The second kappa shape index (κ2) is 6.73. The van der Waals surface area contributed by atoms with Crippen LogP contribution in [-0.4, -0.2) is 23.6 Å². The maximum Gasteiger partial charge on any atom is 0.426 e. The van der Waals surface area contributed by atoms with Crippen LogP contribution in [0.4, 0.5) is 4.79 Å². The standard InChI is InChI=1S/C17H21N3O3/c1-2-23-17(22)20-19-16(21)13-9-6-8-12-11-7-4-3-5-10-14(11)18-15(12)13/h6,8-9,18H,2-5,7,10H2,1H3,(H,19,21)(H,20,22). The molecule has 122 valence electrons. The SMILES string of the molecule is CCOC(=O)NNC(=O)c1cccc2c3c([nH]c12)CCCCC3. The summed E-state index contributed by atoms with van der Waals surface area (Å²) in [6, 6.07) is 5.67. The van der Waals surface area contributed by atoms with Gasteiger partial charge in [0.15, 0.2) is 0 Å². The Morgan fingerprint density at radius 3 is 2.83 bits per heavy atom. The number of carbonyl (C=O) groups excluding carboxylic acids is 2. The van der Waals surface area contributed by atoms with Gasteiger partial charge in [0.2, 0.25) is 0 Å². The second-order valence-electron chi connectivity index (χ2n) is 5.67. The molecule has 23 heavy (non-hydrogen) atoms. The fourth-order valence-corrected chi connectivity index (χ4v) is 3.14. The molecule has 0 fully saturated rings. The molecule has 2 aromatic rings. The molecule has 0 aliphatic heterocycles. The molecule has 0 bridgehead atoms. The number of aryl methyl sites for hydroxylation is 2. The van der Waals surface area contributed by atoms with E-state index in [1.807, 2.05) is 12.1 Å². The second-order valence-corrected chi connectivity index (χ2v) is 5.67. The first-order valence-electron chi connectivity index (χ1n) is 8.06. The molecule has 3 rings (SSSR count). The Hall–Kier alpha value is -2.50. The Kier molecular flexibility index (Phi) is 4.50. The molecule has 1 aliphatic carbocycles. The third-order valence-corrected chi connectivity index (χ3v) is 4.18. The number of H-pyrrole nitrogens is 1. The predicted molar refractivity (Wildman–Crippen MR) is 87.2 cm³/mol. The molecule has 1 aromatic carbocycles. The first-order valence-corrected chi connectivity index (χ1v) is 8.06. The zero-order valence-corrected chi connectivity index (χ0v) is 13.2. The van der Waals surface area contributed by atoms with E-state index in [-0.39, 0.29) is 12.5 Å². The number of carbonyl (C=O) groups is 2. The van der Waals surface area contributed by atoms with Crippen LogP contribution >= 0.6 is 0 Å². The van der Waals surface area contributed by atoms with E-state index in [4.69, 9.17) is 4.74 Å². The molecule has 0 atom stereocenters. The number of hydrogen-bond donors (Lipinski definition) is 3. The molecule has 6 nitrogen and oxygen atoms in total. The molecular formula is C17H21N3O3. The maximum atomic E-state index is 12.3. The topological polar surface area (TPSA) is 83.2 Å². The summed E-state index contributed by atoms with van der Waals surface area (Å²) in [4.78, 5) is 27.0. The lowest BCUT2D eigenvalue weighted by atomic mass is 10.0. The summed E-state index contributed by atoms with van der Waals surface area (Å²) in [6.07, 6.45) is 4.99. The highest BCUT2D eigenvalue weighted by Crippen LogP contribution is 2.30. The molecule has 1 heterocycles. The van der Waals surface area contributed by atoms with Gasteiger partial charge >= 0.3 is 6.09 Å². The number of aromatic amines is 1. The van der Waals surface area contributed by atoms with Gasteiger partial charge < -0.3 is 9.72 Å². The number of hydrazine groups is 1. The number of hydrogen-bond acceptors (Lipinski definition) is 3. The van der Waals surface area contributed by atoms with Gasteiger partial charge in [-0.05, 0) is 44.2 Å². The normalized spacial score (nSPS) is 14.0. The lowest BCUT2D eigenvalue weighted by Crippen LogP contribution is -2.42. The summed E-state index contributed by atoms with van der Waals surface area (Å²) in [5.41, 5.74) is 8.54. The maximum absolute atomic E-state index is 12.3. The van der Waals surface area contributed by atoms with E-state index in [1.165, 1.54) is 30.5 Å². The van der Waals surface area contributed by atoms with Gasteiger partial charge in [-0.3, -0.25) is 10.2 Å². The molecule has 0 unspecified atom stereocenters. The van der Waals surface area contributed by atoms with Crippen LogP contribution in [0.5, 0.6) is 0 Å². The van der Waals surface area contributed by atoms with Crippen molar-refractivity contribution < 1.29 is 14.3 Å². The molecule has 0 saturated heterocycles. The third kappa shape index (κ3) is 3.16. The highest BCUT2D eigenvalue weighted by atomic mass is 16.5. The van der Waals surface area contributed by atoms with Crippen molar-refractivity contribution in [3.05, 3.63) is 35.0 Å². The Morgan fingerprint density at radius 2 is 2.00 bits per heavy atom. The smallest absolute Gasteiger partial charge is 0.426 e. The Balaban J connectivity index is 1.86. The Labute approximate surface area is 134 Å². The fourth-order valence-electron chi connectivity index (χ4n) is 3.14. The minimum Gasteiger partial charge on any atom is -0.449 e. The van der Waals surface area contributed by atoms with Gasteiger partial charge in [0, 0.05) is 11.1 Å². The summed E-state index contributed by atoms with van der Waals surface area (Å²) in [5, 5.41) is 1.10. The van der Waals surface area contributed by atoms with Crippen molar-refractivity contribution in [1.82, 2.24) is 15.8 Å². The van der Waals surface area contributed by atoms with Crippen LogP contribution in [-0.2, 0) is 17.6 Å². The molecule has 6 heteroatoms. The van der Waals surface area contributed by atoms with Crippen LogP contribution in [0.25, 0.3) is 10.9 Å². The van der Waals surface area contributed by atoms with Crippen LogP contribution < -0.4 is 10.9 Å². The zero-order chi connectivity index (χ0) is 16.2. The van der Waals surface area contributed by atoms with E-state index in [9.17, 15) is 9.59 Å². The number of amides is 2. The van der Waals surface area contributed by atoms with Crippen molar-refractivity contribution in [2.45, 2.75) is 39.0 Å². The van der Waals surface area contributed by atoms with E-state index in [2.05, 4.69) is 15.8 Å². The molecule has 0 radical (unpaired) electrons. The van der Waals surface area contributed by atoms with Crippen LogP contribution in [0.15, 0.2) is 18.2 Å². The van der Waals surface area contributed by atoms with E-state index in [1.54, 1.807) is 13.0 Å². The summed E-state index contributed by atoms with van der Waals surface area (Å²) in [5.74, 6) is -0.361. The van der Waals surface area contributed by atoms with Gasteiger partial charge in [-0.1, -0.05) is 18.6 Å². The number of fused-ring (bicyclic) bond motifs is 3. The lowest BCUT2D eigenvalue weighted by molar-refractivity contribution is 0.0914. The minimum atomic E-state index is -0.671. The number of ether oxygens (including phenoxy) is 1. The fraction of sp³-hybridized carbons (Fsp3) is 0.412. The molecule has 1 aromatic heterocycles. The molecule has 1 aliphatic rings. The monoisotopic (exact) mass is 315 g/mol. The van der Waals surface area contributed by atoms with E-state index in [0.29, 0.717) is 5.56 Å². The highest BCUT2D eigenvalue weighted by molar-refractivity contribution is 6.07. The van der Waals surface area contributed by atoms with Crippen molar-refractivity contribution in [2.75, 3.05) is 6.61 Å². The number of para-hydroxylation sites is 1. The zero-order valence-electron chi connectivity index (χ0n) is 13.2. The summed E-state index contributed by atoms with van der Waals surface area (Å²) < 4.78 is 4.72. The van der Waals surface area contributed by atoms with Gasteiger partial charge in [-0.25, -0.2) is 10.2 Å². The third-order valence-electron chi connectivity index (χ3n) is 4.18. The molecular weight excluding hydrogens is 294 g/mol. The predicted octanol–water partition coefficient (Wildman–Crippen LogP) is 2.83. The van der Waals surface area contributed by atoms with Crippen molar-refractivity contribution in [1.29, 1.82) is 0 Å². The Morgan fingerprint density at radius 1 is 1.17 bits per heavy atom. The largest absolute Gasteiger partial charge is 0.449 e. The first kappa shape index (κ1) is 15.4. The average Bonchev–Trinajstić information content (AvgIpc) is 2.74. The quantitative estimate of drug-likeness (QED) is 0.588. The van der Waals surface area contributed by atoms with Gasteiger partial charge in [-0.2, -0.15) is 0 Å². The lowest BCUT2D eigenvalue weighted by Gasteiger charge is -2.08. The first-order chi connectivity index (χ1) is 11.2. The van der Waals surface area contributed by atoms with Gasteiger partial charge in [-0.15, -0.1) is 0 Å². The molecule has 0 saturated carbocycles. The van der Waals surface area contributed by atoms with Crippen LogP contribution in [0.3, 0.4) is 0 Å². The number of nitrogens with one attached hydrogen (secondary N) is 3. The molecule has 3 N–H and O–H groups in total. The van der Waals surface area contributed by atoms with E-state index >= 15 is 0 Å². The van der Waals surface area contributed by atoms with Gasteiger partial charge in [0.25, 0.3) is 5.91 Å². The number of aromatic nitrogens is 1. The summed E-state index contributed by atoms with van der Waals surface area (Å²) in [6.45, 7) is 1.95. The highest BCUT2D eigenvalue weighted by Gasteiger charge is 2.18. The van der Waals surface area contributed by atoms with Crippen molar-refractivity contribution >= 4 is 22.9 Å². The van der Waals surface area contributed by atoms with Gasteiger partial charge in [0.05, 0.1) is 17.7 Å². The number of rotatable bonds is 2. The van der Waals surface area contributed by atoms with Crippen molar-refractivity contribution in [2.24, 2.45) is 0 Å². The van der Waals surface area contributed by atoms with Gasteiger partial charge in [0.1, 0.15) is 0 Å².